The Morgan fingerprint density at radius 3 is 2.77 bits per heavy atom. The highest BCUT2D eigenvalue weighted by Crippen LogP contribution is 2.38. The van der Waals surface area contributed by atoms with Crippen LogP contribution >= 0.6 is 23.2 Å². The Bertz CT molecular complexity index is 999. The first-order valence-corrected chi connectivity index (χ1v) is 8.59. The molecular weight excluding hydrogens is 377 g/mol. The van der Waals surface area contributed by atoms with E-state index in [1.54, 1.807) is 16.7 Å². The predicted octanol–water partition coefficient (Wildman–Crippen LogP) is 5.36. The second kappa shape index (κ2) is 7.76. The summed E-state index contributed by atoms with van der Waals surface area (Å²) in [5.74, 6) is -0.369. The third-order valence-corrected chi connectivity index (χ3v) is 4.29. The zero-order valence-electron chi connectivity index (χ0n) is 13.8. The fraction of sp³-hybridized carbons (Fsp3) is 0.167. The van der Waals surface area contributed by atoms with Gasteiger partial charge in [-0.05, 0) is 25.1 Å². The molecule has 1 N–H and O–H groups in total. The molecule has 8 heteroatoms. The van der Waals surface area contributed by atoms with Gasteiger partial charge in [-0.1, -0.05) is 41.4 Å². The number of hydrogen-bond acceptors (Lipinski definition) is 4. The zero-order valence-corrected chi connectivity index (χ0v) is 15.3. The van der Waals surface area contributed by atoms with E-state index < -0.39 is 5.91 Å². The Hall–Kier alpha value is -2.57. The van der Waals surface area contributed by atoms with Gasteiger partial charge in [0, 0.05) is 23.0 Å². The van der Waals surface area contributed by atoms with Crippen LogP contribution in [0.1, 0.15) is 6.92 Å². The van der Waals surface area contributed by atoms with E-state index in [1.165, 1.54) is 6.07 Å². The van der Waals surface area contributed by atoms with Crippen LogP contribution in [0, 0.1) is 0 Å². The molecule has 0 saturated heterocycles. The Labute approximate surface area is 159 Å². The maximum Gasteiger partial charge on any atom is 0.302 e. The maximum atomic E-state index is 12.0. The number of fused-ring (bicyclic) bond motifs is 1. The van der Waals surface area contributed by atoms with Crippen molar-refractivity contribution < 1.29 is 14.6 Å². The fourth-order valence-electron chi connectivity index (χ4n) is 2.55. The molecule has 2 aromatic carbocycles. The molecule has 0 atom stereocenters. The number of amides is 1. The van der Waals surface area contributed by atoms with Gasteiger partial charge in [0.1, 0.15) is 5.75 Å². The van der Waals surface area contributed by atoms with Crippen molar-refractivity contribution >= 4 is 45.7 Å². The number of para-hydroxylation sites is 1. The highest BCUT2D eigenvalue weighted by Gasteiger charge is 2.15. The van der Waals surface area contributed by atoms with Crippen molar-refractivity contribution in [3.8, 4) is 11.6 Å². The van der Waals surface area contributed by atoms with Crippen LogP contribution < -0.4 is 4.74 Å². The SMILES string of the molecule is CCn1c(O)c(N=NC(=O)COc2cc(Cl)ccc2Cl)c2ccccc21. The van der Waals surface area contributed by atoms with E-state index in [-0.39, 0.29) is 23.9 Å². The van der Waals surface area contributed by atoms with E-state index in [4.69, 9.17) is 27.9 Å². The summed E-state index contributed by atoms with van der Waals surface area (Å²) in [5.41, 5.74) is 1.06. The molecule has 6 nitrogen and oxygen atoms in total. The molecule has 1 aromatic heterocycles. The second-order valence-electron chi connectivity index (χ2n) is 5.39. The number of halogens is 2. The van der Waals surface area contributed by atoms with E-state index in [1.807, 2.05) is 31.2 Å². The Morgan fingerprint density at radius 1 is 1.23 bits per heavy atom. The number of azo groups is 1. The van der Waals surface area contributed by atoms with E-state index in [0.29, 0.717) is 22.0 Å². The van der Waals surface area contributed by atoms with Gasteiger partial charge in [0.25, 0.3) is 0 Å². The lowest BCUT2D eigenvalue weighted by atomic mass is 10.2. The van der Waals surface area contributed by atoms with Gasteiger partial charge < -0.3 is 14.4 Å². The molecule has 0 unspecified atom stereocenters. The molecule has 3 aromatic rings. The Balaban J connectivity index is 1.78. The summed E-state index contributed by atoms with van der Waals surface area (Å²) in [6.45, 7) is 2.11. The molecule has 0 aliphatic heterocycles. The first-order chi connectivity index (χ1) is 12.5. The standard InChI is InChI=1S/C18H15Cl2N3O3/c1-2-23-14-6-4-3-5-12(14)17(18(23)25)22-21-16(24)10-26-15-9-11(19)7-8-13(15)20/h3-9,25H,2,10H2,1H3. The van der Waals surface area contributed by atoms with Crippen LogP contribution in [0.25, 0.3) is 10.9 Å². The lowest BCUT2D eigenvalue weighted by molar-refractivity contribution is -0.120. The van der Waals surface area contributed by atoms with Gasteiger partial charge in [-0.3, -0.25) is 4.79 Å². The van der Waals surface area contributed by atoms with Crippen LogP contribution in [-0.2, 0) is 11.3 Å². The second-order valence-corrected chi connectivity index (χ2v) is 6.23. The quantitative estimate of drug-likeness (QED) is 0.594. The van der Waals surface area contributed by atoms with Crippen molar-refractivity contribution in [2.45, 2.75) is 13.5 Å². The summed E-state index contributed by atoms with van der Waals surface area (Å²) in [4.78, 5) is 12.0. The maximum absolute atomic E-state index is 12.0. The number of benzene rings is 2. The third kappa shape index (κ3) is 3.66. The lowest BCUT2D eigenvalue weighted by Gasteiger charge is -2.05. The molecule has 0 spiro atoms. The van der Waals surface area contributed by atoms with Gasteiger partial charge in [0.2, 0.25) is 5.88 Å². The molecular formula is C18H15Cl2N3O3. The molecule has 0 saturated carbocycles. The van der Waals surface area contributed by atoms with Crippen LogP contribution in [0.2, 0.25) is 10.0 Å². The molecule has 0 bridgehead atoms. The minimum Gasteiger partial charge on any atom is -0.493 e. The first-order valence-electron chi connectivity index (χ1n) is 7.84. The average Bonchev–Trinajstić information content (AvgIpc) is 2.91. The van der Waals surface area contributed by atoms with Gasteiger partial charge >= 0.3 is 5.91 Å². The molecule has 26 heavy (non-hydrogen) atoms. The Morgan fingerprint density at radius 2 is 2.00 bits per heavy atom. The highest BCUT2D eigenvalue weighted by molar-refractivity contribution is 6.34. The smallest absolute Gasteiger partial charge is 0.302 e. The first kappa shape index (κ1) is 18.2. The van der Waals surface area contributed by atoms with Crippen LogP contribution in [-0.4, -0.2) is 22.2 Å². The topological polar surface area (TPSA) is 76.2 Å². The zero-order chi connectivity index (χ0) is 18.7. The molecule has 1 amide bonds. The number of hydrogen-bond donors (Lipinski definition) is 1. The third-order valence-electron chi connectivity index (χ3n) is 3.74. The number of ether oxygens (including phenoxy) is 1. The van der Waals surface area contributed by atoms with Crippen LogP contribution in [0.5, 0.6) is 11.6 Å². The van der Waals surface area contributed by atoms with E-state index in [9.17, 15) is 9.90 Å². The number of carbonyl (C=O) groups excluding carboxylic acids is 1. The van der Waals surface area contributed by atoms with Crippen molar-refractivity contribution in [1.82, 2.24) is 4.57 Å². The highest BCUT2D eigenvalue weighted by atomic mass is 35.5. The number of rotatable bonds is 5. The van der Waals surface area contributed by atoms with Crippen molar-refractivity contribution in [3.05, 3.63) is 52.5 Å². The largest absolute Gasteiger partial charge is 0.493 e. The van der Waals surface area contributed by atoms with Crippen molar-refractivity contribution in [2.75, 3.05) is 6.61 Å². The van der Waals surface area contributed by atoms with Gasteiger partial charge in [-0.2, -0.15) is 0 Å². The van der Waals surface area contributed by atoms with Gasteiger partial charge in [0.15, 0.2) is 12.3 Å². The molecule has 0 aliphatic rings. The summed E-state index contributed by atoms with van der Waals surface area (Å²) in [6, 6.07) is 12.1. The van der Waals surface area contributed by atoms with E-state index in [2.05, 4.69) is 10.2 Å². The summed E-state index contributed by atoms with van der Waals surface area (Å²) in [7, 11) is 0. The molecule has 3 rings (SSSR count). The number of aromatic nitrogens is 1. The summed E-state index contributed by atoms with van der Waals surface area (Å²) in [6.07, 6.45) is 0. The van der Waals surface area contributed by atoms with Crippen molar-refractivity contribution in [2.24, 2.45) is 10.2 Å². The van der Waals surface area contributed by atoms with Crippen LogP contribution in [0.15, 0.2) is 52.7 Å². The van der Waals surface area contributed by atoms with Gasteiger partial charge in [-0.15, -0.1) is 10.2 Å². The number of nitrogens with zero attached hydrogens (tertiary/aromatic N) is 3. The predicted molar refractivity (Wildman–Crippen MR) is 101 cm³/mol. The normalized spacial score (nSPS) is 11.3. The fourth-order valence-corrected chi connectivity index (χ4v) is 2.89. The average molecular weight is 392 g/mol. The van der Waals surface area contributed by atoms with E-state index in [0.717, 1.165) is 5.52 Å². The molecule has 0 radical (unpaired) electrons. The van der Waals surface area contributed by atoms with Crippen LogP contribution in [0.3, 0.4) is 0 Å². The summed E-state index contributed by atoms with van der Waals surface area (Å²) >= 11 is 11.8. The molecule has 0 aliphatic carbocycles. The number of aryl methyl sites for hydroxylation is 1. The monoisotopic (exact) mass is 391 g/mol. The number of aromatic hydroxyl groups is 1. The van der Waals surface area contributed by atoms with Gasteiger partial charge in [0.05, 0.1) is 10.5 Å². The summed E-state index contributed by atoms with van der Waals surface area (Å²) < 4.78 is 7.02. The van der Waals surface area contributed by atoms with Gasteiger partial charge in [-0.25, -0.2) is 0 Å². The minimum absolute atomic E-state index is 0.0379. The Kier molecular flexibility index (Phi) is 5.44. The minimum atomic E-state index is -0.617. The summed E-state index contributed by atoms with van der Waals surface area (Å²) in [5, 5.41) is 19.4. The molecule has 134 valence electrons. The van der Waals surface area contributed by atoms with E-state index >= 15 is 0 Å². The van der Waals surface area contributed by atoms with Crippen LogP contribution in [0.4, 0.5) is 5.69 Å². The van der Waals surface area contributed by atoms with Crippen molar-refractivity contribution in [3.63, 3.8) is 0 Å². The number of carbonyl (C=O) groups is 1. The molecule has 0 fully saturated rings. The molecule has 1 heterocycles. The van der Waals surface area contributed by atoms with Crippen molar-refractivity contribution in [1.29, 1.82) is 0 Å². The lowest BCUT2D eigenvalue weighted by Crippen LogP contribution is -2.08.